The lowest BCUT2D eigenvalue weighted by molar-refractivity contribution is 0.100. The summed E-state index contributed by atoms with van der Waals surface area (Å²) in [5, 5.41) is 11.0. The average Bonchev–Trinajstić information content (AvgIpc) is 3.26. The molecule has 1 amide bonds. The summed E-state index contributed by atoms with van der Waals surface area (Å²) < 4.78 is 16.0. The average molecular weight is 446 g/mol. The SMILES string of the molecule is CC(C)n1cc(-c2nc(Nc3ccc(C(N)=O)c(-c4ccccc4N)c3)ncc2F)nn1.[N]. The lowest BCUT2D eigenvalue weighted by Crippen LogP contribution is -2.13. The Labute approximate surface area is 189 Å². The molecule has 0 bridgehead atoms. The normalized spacial score (nSPS) is 10.7. The molecule has 0 spiro atoms. The lowest BCUT2D eigenvalue weighted by atomic mass is 9.97. The molecular weight excluding hydrogens is 425 g/mol. The molecule has 167 valence electrons. The number of halogens is 1. The smallest absolute Gasteiger partial charge is 0.249 e. The third-order valence-electron chi connectivity index (χ3n) is 4.82. The number of primary amides is 1. The van der Waals surface area contributed by atoms with Gasteiger partial charge < -0.3 is 16.8 Å². The van der Waals surface area contributed by atoms with Crippen molar-refractivity contribution in [1.29, 1.82) is 0 Å². The molecule has 11 heteroatoms. The molecule has 3 radical (unpaired) electrons. The number of carbonyl (C=O) groups excluding carboxylic acids is 1. The van der Waals surface area contributed by atoms with Crippen LogP contribution in [0.15, 0.2) is 54.9 Å². The van der Waals surface area contributed by atoms with Crippen molar-refractivity contribution in [3.05, 3.63) is 66.2 Å². The van der Waals surface area contributed by atoms with E-state index in [2.05, 4.69) is 25.6 Å². The summed E-state index contributed by atoms with van der Waals surface area (Å²) in [5.41, 5.74) is 14.6. The maximum absolute atomic E-state index is 14.4. The molecule has 4 rings (SSSR count). The van der Waals surface area contributed by atoms with E-state index in [1.165, 1.54) is 0 Å². The standard InChI is InChI=1S/C22H21FN8O.N/c1-12(2)31-11-19(29-30-31)20-17(23)10-26-22(28-20)27-13-7-8-15(21(25)32)16(9-13)14-5-3-4-6-18(14)24;/h3-12H,24H2,1-2H3,(H2,25,32)(H,26,27,28);. The van der Waals surface area contributed by atoms with Gasteiger partial charge in [-0.3, -0.25) is 4.79 Å². The number of para-hydroxylation sites is 1. The molecule has 2 aromatic heterocycles. The summed E-state index contributed by atoms with van der Waals surface area (Å²) >= 11 is 0. The Bertz CT molecular complexity index is 1300. The maximum atomic E-state index is 14.4. The zero-order chi connectivity index (χ0) is 22.8. The van der Waals surface area contributed by atoms with E-state index in [4.69, 9.17) is 11.5 Å². The van der Waals surface area contributed by atoms with Crippen LogP contribution in [-0.4, -0.2) is 30.9 Å². The minimum Gasteiger partial charge on any atom is -0.398 e. The van der Waals surface area contributed by atoms with Crippen molar-refractivity contribution in [1.82, 2.24) is 31.1 Å². The number of hydrogen-bond acceptors (Lipinski definition) is 7. The van der Waals surface area contributed by atoms with Gasteiger partial charge in [0.2, 0.25) is 11.9 Å². The van der Waals surface area contributed by atoms with Crippen molar-refractivity contribution in [3.8, 4) is 22.5 Å². The van der Waals surface area contributed by atoms with Crippen molar-refractivity contribution < 1.29 is 9.18 Å². The molecule has 0 unspecified atom stereocenters. The largest absolute Gasteiger partial charge is 0.398 e. The summed E-state index contributed by atoms with van der Waals surface area (Å²) in [5.74, 6) is -1.05. The number of hydrogen-bond donors (Lipinski definition) is 3. The van der Waals surface area contributed by atoms with E-state index in [-0.39, 0.29) is 23.8 Å². The third-order valence-corrected chi connectivity index (χ3v) is 4.82. The molecule has 10 nitrogen and oxygen atoms in total. The minimum absolute atomic E-state index is 0. The fraction of sp³-hybridized carbons (Fsp3) is 0.136. The number of anilines is 3. The van der Waals surface area contributed by atoms with Crippen LogP contribution in [0.2, 0.25) is 0 Å². The number of rotatable bonds is 6. The van der Waals surface area contributed by atoms with Crippen molar-refractivity contribution in [2.45, 2.75) is 19.9 Å². The van der Waals surface area contributed by atoms with Crippen LogP contribution in [0.1, 0.15) is 30.2 Å². The van der Waals surface area contributed by atoms with E-state index in [1.54, 1.807) is 47.3 Å². The van der Waals surface area contributed by atoms with E-state index >= 15 is 0 Å². The fourth-order valence-electron chi connectivity index (χ4n) is 3.18. The predicted molar refractivity (Wildman–Crippen MR) is 122 cm³/mol. The van der Waals surface area contributed by atoms with E-state index in [9.17, 15) is 9.18 Å². The molecule has 0 aliphatic rings. The first-order valence-electron chi connectivity index (χ1n) is 9.84. The Balaban J connectivity index is 0.00000306. The number of nitrogen functional groups attached to an aromatic ring is 1. The number of carbonyl (C=O) groups is 1. The molecule has 5 N–H and O–H groups in total. The summed E-state index contributed by atoms with van der Waals surface area (Å²) in [7, 11) is 0. The van der Waals surface area contributed by atoms with Crippen LogP contribution >= 0.6 is 0 Å². The van der Waals surface area contributed by atoms with Crippen molar-refractivity contribution in [2.24, 2.45) is 5.73 Å². The Morgan fingerprint density at radius 2 is 1.91 bits per heavy atom. The molecule has 0 aliphatic heterocycles. The van der Waals surface area contributed by atoms with Crippen LogP contribution in [0.5, 0.6) is 0 Å². The van der Waals surface area contributed by atoms with Gasteiger partial charge in [-0.2, -0.15) is 0 Å². The first kappa shape index (κ1) is 23.3. The van der Waals surface area contributed by atoms with Gasteiger partial charge in [-0.15, -0.1) is 5.10 Å². The highest BCUT2D eigenvalue weighted by molar-refractivity contribution is 6.02. The molecule has 0 atom stereocenters. The number of nitrogens with two attached hydrogens (primary N) is 2. The zero-order valence-corrected chi connectivity index (χ0v) is 17.9. The van der Waals surface area contributed by atoms with Gasteiger partial charge in [0.15, 0.2) is 5.82 Å². The molecule has 33 heavy (non-hydrogen) atoms. The molecule has 0 saturated heterocycles. The summed E-state index contributed by atoms with van der Waals surface area (Å²) in [6, 6.07) is 12.2. The Morgan fingerprint density at radius 3 is 2.58 bits per heavy atom. The second kappa shape index (κ2) is 9.40. The van der Waals surface area contributed by atoms with Gasteiger partial charge in [-0.25, -0.2) is 19.0 Å². The number of nitrogens with zero attached hydrogens (tertiary/aromatic N) is 6. The van der Waals surface area contributed by atoms with Crippen LogP contribution in [0.4, 0.5) is 21.7 Å². The Hall–Kier alpha value is -4.38. The summed E-state index contributed by atoms with van der Waals surface area (Å²) in [6.45, 7) is 3.88. The third kappa shape index (κ3) is 4.77. The Kier molecular flexibility index (Phi) is 6.64. The van der Waals surface area contributed by atoms with Crippen molar-refractivity contribution in [2.75, 3.05) is 11.1 Å². The van der Waals surface area contributed by atoms with Gasteiger partial charge >= 0.3 is 0 Å². The molecule has 4 aromatic rings. The molecule has 2 heterocycles. The number of benzene rings is 2. The van der Waals surface area contributed by atoms with E-state index in [0.717, 1.165) is 6.20 Å². The predicted octanol–water partition coefficient (Wildman–Crippen LogP) is 3.07. The number of nitrogens with one attached hydrogen (secondary N) is 1. The first-order valence-corrected chi connectivity index (χ1v) is 9.84. The first-order chi connectivity index (χ1) is 15.3. The van der Waals surface area contributed by atoms with Gasteiger partial charge in [-0.05, 0) is 43.7 Å². The van der Waals surface area contributed by atoms with Gasteiger partial charge in [0.1, 0.15) is 11.4 Å². The van der Waals surface area contributed by atoms with Gasteiger partial charge in [-0.1, -0.05) is 23.4 Å². The summed E-state index contributed by atoms with van der Waals surface area (Å²) in [6.07, 6.45) is 2.69. The fourth-order valence-corrected chi connectivity index (χ4v) is 3.18. The van der Waals surface area contributed by atoms with Crippen LogP contribution in [0.3, 0.4) is 0 Å². The topological polar surface area (TPSA) is 168 Å². The van der Waals surface area contributed by atoms with E-state index in [1.807, 2.05) is 19.9 Å². The van der Waals surface area contributed by atoms with Crippen LogP contribution in [0, 0.1) is 5.82 Å². The highest BCUT2D eigenvalue weighted by Gasteiger charge is 2.16. The summed E-state index contributed by atoms with van der Waals surface area (Å²) in [4.78, 5) is 20.2. The zero-order valence-electron chi connectivity index (χ0n) is 17.9. The van der Waals surface area contributed by atoms with Crippen molar-refractivity contribution >= 4 is 23.2 Å². The molecule has 0 fully saturated rings. The van der Waals surface area contributed by atoms with Crippen LogP contribution in [-0.2, 0) is 0 Å². The second-order valence-corrected chi connectivity index (χ2v) is 7.40. The van der Waals surface area contributed by atoms with Crippen LogP contribution < -0.4 is 22.9 Å². The Morgan fingerprint density at radius 1 is 1.15 bits per heavy atom. The molecular formula is C22H21FN9O. The van der Waals surface area contributed by atoms with E-state index < -0.39 is 11.7 Å². The van der Waals surface area contributed by atoms with Gasteiger partial charge in [0.25, 0.3) is 0 Å². The lowest BCUT2D eigenvalue weighted by Gasteiger charge is -2.13. The van der Waals surface area contributed by atoms with Gasteiger partial charge in [0.05, 0.1) is 12.4 Å². The number of amides is 1. The molecule has 2 aromatic carbocycles. The molecule has 0 aliphatic carbocycles. The number of aromatic nitrogens is 5. The quantitative estimate of drug-likeness (QED) is 0.382. The molecule has 0 saturated carbocycles. The maximum Gasteiger partial charge on any atom is 0.249 e. The highest BCUT2D eigenvalue weighted by atomic mass is 19.1. The second-order valence-electron chi connectivity index (χ2n) is 7.40. The van der Waals surface area contributed by atoms with Crippen LogP contribution in [0.25, 0.3) is 22.5 Å². The van der Waals surface area contributed by atoms with E-state index in [0.29, 0.717) is 33.8 Å². The minimum atomic E-state index is -0.617. The van der Waals surface area contributed by atoms with Crippen molar-refractivity contribution in [3.63, 3.8) is 0 Å². The highest BCUT2D eigenvalue weighted by Crippen LogP contribution is 2.32. The monoisotopic (exact) mass is 446 g/mol. The van der Waals surface area contributed by atoms with Gasteiger partial charge in [0, 0.05) is 34.7 Å².